The van der Waals surface area contributed by atoms with Gasteiger partial charge in [-0.15, -0.1) is 11.3 Å². The number of aliphatic carboxylic acids is 1. The van der Waals surface area contributed by atoms with Gasteiger partial charge in [0.25, 0.3) is 0 Å². The van der Waals surface area contributed by atoms with Crippen molar-refractivity contribution < 1.29 is 14.7 Å². The molecule has 0 spiro atoms. The van der Waals surface area contributed by atoms with Crippen molar-refractivity contribution in [3.8, 4) is 10.6 Å². The van der Waals surface area contributed by atoms with Gasteiger partial charge >= 0.3 is 5.97 Å². The summed E-state index contributed by atoms with van der Waals surface area (Å²) >= 11 is 1.44. The van der Waals surface area contributed by atoms with E-state index in [2.05, 4.69) is 15.3 Å². The second kappa shape index (κ2) is 6.23. The predicted molar refractivity (Wildman–Crippen MR) is 81.3 cm³/mol. The molecule has 2 heterocycles. The van der Waals surface area contributed by atoms with Crippen LogP contribution >= 0.6 is 11.3 Å². The zero-order valence-electron chi connectivity index (χ0n) is 11.7. The molecule has 0 aliphatic heterocycles. The molecule has 0 aromatic carbocycles. The lowest BCUT2D eigenvalue weighted by Gasteiger charge is -2.12. The SMILES string of the molecule is O=C(Cc1csc(-c2cccnc2)n1)NC(C(=O)O)C1CC1. The van der Waals surface area contributed by atoms with Crippen LogP contribution in [0.2, 0.25) is 0 Å². The largest absolute Gasteiger partial charge is 0.480 e. The molecule has 3 rings (SSSR count). The van der Waals surface area contributed by atoms with Crippen molar-refractivity contribution in [2.45, 2.75) is 25.3 Å². The average molecular weight is 317 g/mol. The van der Waals surface area contributed by atoms with Gasteiger partial charge in [0.15, 0.2) is 0 Å². The summed E-state index contributed by atoms with van der Waals surface area (Å²) in [6.07, 6.45) is 5.22. The average Bonchev–Trinajstić information content (AvgIpc) is 3.24. The minimum atomic E-state index is -0.967. The van der Waals surface area contributed by atoms with E-state index in [1.807, 2.05) is 17.5 Å². The molecule has 1 atom stereocenters. The highest BCUT2D eigenvalue weighted by atomic mass is 32.1. The number of rotatable bonds is 6. The first kappa shape index (κ1) is 14.6. The first-order chi connectivity index (χ1) is 10.6. The molecule has 114 valence electrons. The Morgan fingerprint density at radius 3 is 2.91 bits per heavy atom. The van der Waals surface area contributed by atoms with Crippen LogP contribution in [0.3, 0.4) is 0 Å². The minimum Gasteiger partial charge on any atom is -0.480 e. The first-order valence-electron chi connectivity index (χ1n) is 7.00. The van der Waals surface area contributed by atoms with Crippen LogP contribution in [0.4, 0.5) is 0 Å². The van der Waals surface area contributed by atoms with Gasteiger partial charge in [-0.3, -0.25) is 9.78 Å². The lowest BCUT2D eigenvalue weighted by atomic mass is 10.2. The highest BCUT2D eigenvalue weighted by Crippen LogP contribution is 2.32. The number of carboxylic acids is 1. The van der Waals surface area contributed by atoms with E-state index < -0.39 is 12.0 Å². The van der Waals surface area contributed by atoms with Crippen LogP contribution in [0.25, 0.3) is 10.6 Å². The van der Waals surface area contributed by atoms with Gasteiger partial charge in [-0.2, -0.15) is 0 Å². The number of carboxylic acid groups (broad SMARTS) is 1. The maximum atomic E-state index is 12.0. The molecule has 1 aliphatic rings. The molecule has 6 nitrogen and oxygen atoms in total. The molecule has 2 aromatic heterocycles. The molecule has 0 radical (unpaired) electrons. The summed E-state index contributed by atoms with van der Waals surface area (Å²) in [5.74, 6) is -1.20. The summed E-state index contributed by atoms with van der Waals surface area (Å²) in [6, 6.07) is 2.96. The summed E-state index contributed by atoms with van der Waals surface area (Å²) in [5.41, 5.74) is 1.54. The highest BCUT2D eigenvalue weighted by molar-refractivity contribution is 7.13. The van der Waals surface area contributed by atoms with E-state index in [0.717, 1.165) is 23.4 Å². The lowest BCUT2D eigenvalue weighted by Crippen LogP contribution is -2.43. The molecule has 1 saturated carbocycles. The Morgan fingerprint density at radius 1 is 1.45 bits per heavy atom. The first-order valence-corrected chi connectivity index (χ1v) is 7.88. The third kappa shape index (κ3) is 3.48. The number of aromatic nitrogens is 2. The Labute approximate surface area is 131 Å². The second-order valence-corrected chi connectivity index (χ2v) is 6.14. The Balaban J connectivity index is 1.62. The quantitative estimate of drug-likeness (QED) is 0.846. The fourth-order valence-corrected chi connectivity index (χ4v) is 3.02. The van der Waals surface area contributed by atoms with Crippen molar-refractivity contribution in [3.05, 3.63) is 35.6 Å². The number of nitrogens with one attached hydrogen (secondary N) is 1. The lowest BCUT2D eigenvalue weighted by molar-refractivity contribution is -0.142. The molecule has 1 unspecified atom stereocenters. The van der Waals surface area contributed by atoms with Crippen LogP contribution in [0.5, 0.6) is 0 Å². The molecule has 2 N–H and O–H groups in total. The van der Waals surface area contributed by atoms with Gasteiger partial charge in [0.2, 0.25) is 5.91 Å². The summed E-state index contributed by atoms with van der Waals surface area (Å²) < 4.78 is 0. The highest BCUT2D eigenvalue weighted by Gasteiger charge is 2.37. The van der Waals surface area contributed by atoms with Gasteiger partial charge < -0.3 is 10.4 Å². The molecule has 2 aromatic rings. The van der Waals surface area contributed by atoms with Crippen LogP contribution in [0.15, 0.2) is 29.9 Å². The van der Waals surface area contributed by atoms with E-state index in [1.165, 1.54) is 11.3 Å². The summed E-state index contributed by atoms with van der Waals surface area (Å²) in [4.78, 5) is 31.5. The molecule has 1 aliphatic carbocycles. The number of carbonyl (C=O) groups is 2. The number of hydrogen-bond acceptors (Lipinski definition) is 5. The van der Waals surface area contributed by atoms with Crippen LogP contribution in [-0.2, 0) is 16.0 Å². The Bertz CT molecular complexity index is 682. The summed E-state index contributed by atoms with van der Waals surface area (Å²) in [6.45, 7) is 0. The topological polar surface area (TPSA) is 92.2 Å². The number of hydrogen-bond donors (Lipinski definition) is 2. The van der Waals surface area contributed by atoms with Gasteiger partial charge in [-0.1, -0.05) is 0 Å². The normalized spacial score (nSPS) is 15.3. The summed E-state index contributed by atoms with van der Waals surface area (Å²) in [5, 5.41) is 14.3. The van der Waals surface area contributed by atoms with Crippen molar-refractivity contribution >= 4 is 23.2 Å². The Kier molecular flexibility index (Phi) is 4.15. The minimum absolute atomic E-state index is 0.0721. The Morgan fingerprint density at radius 2 is 2.27 bits per heavy atom. The van der Waals surface area contributed by atoms with Crippen molar-refractivity contribution in [3.63, 3.8) is 0 Å². The van der Waals surface area contributed by atoms with Crippen LogP contribution in [0, 0.1) is 5.92 Å². The van der Waals surface area contributed by atoms with E-state index in [-0.39, 0.29) is 18.2 Å². The van der Waals surface area contributed by atoms with Gasteiger partial charge in [0.05, 0.1) is 12.1 Å². The fourth-order valence-electron chi connectivity index (χ4n) is 2.21. The van der Waals surface area contributed by atoms with Crippen molar-refractivity contribution in [2.24, 2.45) is 5.92 Å². The molecule has 0 bridgehead atoms. The molecular formula is C15H15N3O3S. The van der Waals surface area contributed by atoms with E-state index in [1.54, 1.807) is 12.4 Å². The molecule has 1 amide bonds. The van der Waals surface area contributed by atoms with Crippen molar-refractivity contribution in [1.82, 2.24) is 15.3 Å². The van der Waals surface area contributed by atoms with E-state index >= 15 is 0 Å². The number of pyridine rings is 1. The Hall–Kier alpha value is -2.28. The van der Waals surface area contributed by atoms with Crippen LogP contribution < -0.4 is 5.32 Å². The zero-order valence-corrected chi connectivity index (χ0v) is 12.5. The number of nitrogens with zero attached hydrogens (tertiary/aromatic N) is 2. The number of amides is 1. The molecule has 7 heteroatoms. The fraction of sp³-hybridized carbons (Fsp3) is 0.333. The van der Waals surface area contributed by atoms with Gasteiger partial charge in [0.1, 0.15) is 11.0 Å². The second-order valence-electron chi connectivity index (χ2n) is 5.28. The molecule has 0 saturated heterocycles. The van der Waals surface area contributed by atoms with E-state index in [9.17, 15) is 9.59 Å². The maximum absolute atomic E-state index is 12.0. The van der Waals surface area contributed by atoms with Crippen molar-refractivity contribution in [1.29, 1.82) is 0 Å². The maximum Gasteiger partial charge on any atom is 0.326 e. The summed E-state index contributed by atoms with van der Waals surface area (Å²) in [7, 11) is 0. The standard InChI is InChI=1S/C15H15N3O3S/c19-12(18-13(15(20)21)9-3-4-9)6-11-8-22-14(17-11)10-2-1-5-16-7-10/h1-2,5,7-9,13H,3-4,6H2,(H,18,19)(H,20,21). The predicted octanol–water partition coefficient (Wildman–Crippen LogP) is 1.73. The van der Waals surface area contributed by atoms with Gasteiger partial charge in [-0.05, 0) is 30.9 Å². The monoisotopic (exact) mass is 317 g/mol. The van der Waals surface area contributed by atoms with E-state index in [4.69, 9.17) is 5.11 Å². The van der Waals surface area contributed by atoms with Crippen molar-refractivity contribution in [2.75, 3.05) is 0 Å². The van der Waals surface area contributed by atoms with Gasteiger partial charge in [-0.25, -0.2) is 9.78 Å². The molecule has 22 heavy (non-hydrogen) atoms. The number of carbonyl (C=O) groups excluding carboxylic acids is 1. The molecular weight excluding hydrogens is 302 g/mol. The van der Waals surface area contributed by atoms with E-state index in [0.29, 0.717) is 5.69 Å². The third-order valence-electron chi connectivity index (χ3n) is 3.48. The third-order valence-corrected chi connectivity index (χ3v) is 4.42. The van der Waals surface area contributed by atoms with Gasteiger partial charge in [0, 0.05) is 23.3 Å². The molecule has 1 fully saturated rings. The van der Waals surface area contributed by atoms with Crippen LogP contribution in [-0.4, -0.2) is 33.0 Å². The number of thiazole rings is 1. The van der Waals surface area contributed by atoms with Crippen LogP contribution in [0.1, 0.15) is 18.5 Å². The zero-order chi connectivity index (χ0) is 15.5. The smallest absolute Gasteiger partial charge is 0.326 e.